The van der Waals surface area contributed by atoms with Crippen LogP contribution >= 0.6 is 0 Å². The normalized spacial score (nSPS) is 11.4. The van der Waals surface area contributed by atoms with Gasteiger partial charge >= 0.3 is 0 Å². The summed E-state index contributed by atoms with van der Waals surface area (Å²) in [6.45, 7) is 5.26. The lowest BCUT2D eigenvalue weighted by molar-refractivity contribution is -0.120. The molecule has 2 radical (unpaired) electrons. The van der Waals surface area contributed by atoms with Gasteiger partial charge in [0.25, 0.3) is 0 Å². The van der Waals surface area contributed by atoms with Gasteiger partial charge in [0.2, 0.25) is 0 Å². The van der Waals surface area contributed by atoms with Crippen molar-refractivity contribution in [2.45, 2.75) is 32.5 Å². The van der Waals surface area contributed by atoms with Crippen molar-refractivity contribution in [3.63, 3.8) is 0 Å². The minimum atomic E-state index is -0.630. The van der Waals surface area contributed by atoms with E-state index < -0.39 is 5.31 Å². The molecule has 0 spiro atoms. The minimum absolute atomic E-state index is 0.109. The van der Waals surface area contributed by atoms with Crippen molar-refractivity contribution in [3.8, 4) is 0 Å². The van der Waals surface area contributed by atoms with E-state index in [0.29, 0.717) is 6.42 Å². The summed E-state index contributed by atoms with van der Waals surface area (Å²) >= 11 is 0. The van der Waals surface area contributed by atoms with E-state index in [2.05, 4.69) is 0 Å². The Morgan fingerprint density at radius 3 is 2.00 bits per heavy atom. The zero-order chi connectivity index (χ0) is 6.78. The molecule has 2 heteroatoms. The number of carbonyl (C=O) groups excluding carboxylic acids is 1. The first kappa shape index (κ1) is 7.73. The van der Waals surface area contributed by atoms with E-state index in [4.69, 9.17) is 7.85 Å². The van der Waals surface area contributed by atoms with Gasteiger partial charge in [-0.1, -0.05) is 20.8 Å². The quantitative estimate of drug-likeness (QED) is 0.490. The van der Waals surface area contributed by atoms with Crippen molar-refractivity contribution < 1.29 is 4.79 Å². The van der Waals surface area contributed by atoms with Crippen LogP contribution in [0.1, 0.15) is 27.2 Å². The molecule has 0 aromatic heterocycles. The van der Waals surface area contributed by atoms with Crippen LogP contribution in [0.2, 0.25) is 5.31 Å². The van der Waals surface area contributed by atoms with Gasteiger partial charge in [0.15, 0.2) is 0 Å². The Morgan fingerprint density at radius 1 is 1.62 bits per heavy atom. The van der Waals surface area contributed by atoms with Gasteiger partial charge in [-0.2, -0.15) is 0 Å². The third-order valence-corrected chi connectivity index (χ3v) is 1.04. The van der Waals surface area contributed by atoms with E-state index in [0.717, 1.165) is 0 Å². The van der Waals surface area contributed by atoms with Crippen LogP contribution in [0.3, 0.4) is 0 Å². The lowest BCUT2D eigenvalue weighted by Crippen LogP contribution is -2.15. The molecule has 0 N–H and O–H groups in total. The number of ketones is 1. The topological polar surface area (TPSA) is 17.1 Å². The summed E-state index contributed by atoms with van der Waals surface area (Å²) in [7, 11) is 5.44. The number of hydrogen-bond donors (Lipinski definition) is 0. The molecule has 0 saturated carbocycles. The summed E-state index contributed by atoms with van der Waals surface area (Å²) < 4.78 is 0. The van der Waals surface area contributed by atoms with Gasteiger partial charge in [0.05, 0.1) is 7.85 Å². The van der Waals surface area contributed by atoms with Gasteiger partial charge in [-0.3, -0.25) is 4.79 Å². The lowest BCUT2D eigenvalue weighted by Gasteiger charge is -2.14. The van der Waals surface area contributed by atoms with E-state index >= 15 is 0 Å². The predicted octanol–water partition coefficient (Wildman–Crippen LogP) is 1.33. The molecule has 0 aromatic carbocycles. The maximum absolute atomic E-state index is 10.7. The molecule has 0 aliphatic heterocycles. The smallest absolute Gasteiger partial charge is 0.129 e. The summed E-state index contributed by atoms with van der Waals surface area (Å²) in [6, 6.07) is 0. The van der Waals surface area contributed by atoms with Crippen LogP contribution in [0, 0.1) is 0 Å². The average molecular weight is 110 g/mol. The molecule has 0 aliphatic rings. The first-order valence-corrected chi connectivity index (χ1v) is 2.80. The van der Waals surface area contributed by atoms with Crippen LogP contribution in [-0.2, 0) is 4.79 Å². The molecule has 0 aromatic rings. The zero-order valence-electron chi connectivity index (χ0n) is 5.69. The van der Waals surface area contributed by atoms with Crippen LogP contribution in [0.4, 0.5) is 0 Å². The van der Waals surface area contributed by atoms with E-state index in [9.17, 15) is 4.79 Å². The molecule has 44 valence electrons. The molecule has 0 heterocycles. The van der Waals surface area contributed by atoms with Crippen molar-refractivity contribution in [3.05, 3.63) is 0 Å². The van der Waals surface area contributed by atoms with Crippen molar-refractivity contribution in [2.24, 2.45) is 0 Å². The van der Waals surface area contributed by atoms with Crippen molar-refractivity contribution in [1.29, 1.82) is 0 Å². The molecule has 0 aliphatic carbocycles. The summed E-state index contributed by atoms with van der Waals surface area (Å²) in [5, 5.41) is -0.630. The third kappa shape index (κ3) is 2.15. The van der Waals surface area contributed by atoms with Crippen molar-refractivity contribution >= 4 is 13.6 Å². The number of Topliss-reactive ketones (excluding diaryl/α,β-unsaturated/α-hetero) is 1. The second-order valence-electron chi connectivity index (χ2n) is 2.50. The Bertz CT molecular complexity index is 91.2. The summed E-state index contributed by atoms with van der Waals surface area (Å²) in [4.78, 5) is 10.7. The summed E-state index contributed by atoms with van der Waals surface area (Å²) in [5.74, 6) is 0.109. The van der Waals surface area contributed by atoms with E-state index in [1.54, 1.807) is 13.8 Å². The molecule has 0 saturated heterocycles. The van der Waals surface area contributed by atoms with Crippen molar-refractivity contribution in [2.75, 3.05) is 0 Å². The van der Waals surface area contributed by atoms with E-state index in [-0.39, 0.29) is 5.78 Å². The highest BCUT2D eigenvalue weighted by atomic mass is 16.1. The highest BCUT2D eigenvalue weighted by molar-refractivity contribution is 6.27. The lowest BCUT2D eigenvalue weighted by atomic mass is 9.69. The minimum Gasteiger partial charge on any atom is -0.300 e. The van der Waals surface area contributed by atoms with E-state index in [1.807, 2.05) is 6.92 Å². The molecule has 0 bridgehead atoms. The number of hydrogen-bond acceptors (Lipinski definition) is 1. The van der Waals surface area contributed by atoms with Gasteiger partial charge in [0.1, 0.15) is 5.78 Å². The Kier molecular flexibility index (Phi) is 2.26. The average Bonchev–Trinajstić information content (AvgIpc) is 1.62. The molecular formula is C6H11BO. The fraction of sp³-hybridized carbons (Fsp3) is 0.833. The molecule has 0 fully saturated rings. The summed E-state index contributed by atoms with van der Waals surface area (Å²) in [6.07, 6.45) is 0.531. The molecule has 0 unspecified atom stereocenters. The molecule has 0 amide bonds. The van der Waals surface area contributed by atoms with Crippen LogP contribution < -0.4 is 0 Å². The highest BCUT2D eigenvalue weighted by Crippen LogP contribution is 2.20. The maximum Gasteiger partial charge on any atom is 0.129 e. The zero-order valence-corrected chi connectivity index (χ0v) is 5.69. The molecule has 1 nitrogen and oxygen atoms in total. The van der Waals surface area contributed by atoms with Gasteiger partial charge in [0, 0.05) is 6.42 Å². The maximum atomic E-state index is 10.7. The molecule has 0 atom stereocenters. The standard InChI is InChI=1S/C6H11BO/c1-4-5(8)6(2,3)7/h4H2,1-3H3. The Balaban J connectivity index is 3.82. The Hall–Kier alpha value is -0.265. The molecule has 8 heavy (non-hydrogen) atoms. The fourth-order valence-electron chi connectivity index (χ4n) is 0.456. The molecule has 0 rings (SSSR count). The van der Waals surface area contributed by atoms with Crippen molar-refractivity contribution in [1.82, 2.24) is 0 Å². The fourth-order valence-corrected chi connectivity index (χ4v) is 0.456. The van der Waals surface area contributed by atoms with Gasteiger partial charge < -0.3 is 0 Å². The number of carbonyl (C=O) groups is 1. The highest BCUT2D eigenvalue weighted by Gasteiger charge is 2.17. The van der Waals surface area contributed by atoms with E-state index in [1.165, 1.54) is 0 Å². The second-order valence-corrected chi connectivity index (χ2v) is 2.50. The monoisotopic (exact) mass is 110 g/mol. The van der Waals surface area contributed by atoms with Crippen LogP contribution in [0.25, 0.3) is 0 Å². The Labute approximate surface area is 51.9 Å². The third-order valence-electron chi connectivity index (χ3n) is 1.04. The largest absolute Gasteiger partial charge is 0.300 e. The van der Waals surface area contributed by atoms with Gasteiger partial charge in [-0.25, -0.2) is 0 Å². The van der Waals surface area contributed by atoms with Gasteiger partial charge in [-0.05, 0) is 5.31 Å². The van der Waals surface area contributed by atoms with Crippen LogP contribution in [-0.4, -0.2) is 13.6 Å². The van der Waals surface area contributed by atoms with Crippen LogP contribution in [0.5, 0.6) is 0 Å². The number of rotatable bonds is 2. The summed E-state index contributed by atoms with van der Waals surface area (Å²) in [5.41, 5.74) is 0. The Morgan fingerprint density at radius 2 is 2.00 bits per heavy atom. The first-order chi connectivity index (χ1) is 3.48. The molecular weight excluding hydrogens is 98.9 g/mol. The van der Waals surface area contributed by atoms with Gasteiger partial charge in [-0.15, -0.1) is 0 Å². The SMILES string of the molecule is [B]C(C)(C)C(=O)CC. The predicted molar refractivity (Wildman–Crippen MR) is 35.1 cm³/mol. The second kappa shape index (κ2) is 2.34. The van der Waals surface area contributed by atoms with Crippen LogP contribution in [0.15, 0.2) is 0 Å². The first-order valence-electron chi connectivity index (χ1n) is 2.80.